The van der Waals surface area contributed by atoms with Crippen molar-refractivity contribution in [2.45, 2.75) is 40.7 Å². The number of ether oxygens (including phenoxy) is 2. The van der Waals surface area contributed by atoms with Crippen molar-refractivity contribution in [1.82, 2.24) is 10.6 Å². The first-order chi connectivity index (χ1) is 15.0. The number of hydrogen-bond acceptors (Lipinski definition) is 4. The van der Waals surface area contributed by atoms with Gasteiger partial charge < -0.3 is 25.4 Å². The lowest BCUT2D eigenvalue weighted by Gasteiger charge is -2.14. The number of benzene rings is 2. The maximum absolute atomic E-state index is 11.2. The zero-order chi connectivity index (χ0) is 22.5. The third-order valence-corrected chi connectivity index (χ3v) is 4.33. The molecule has 31 heavy (non-hydrogen) atoms. The molecule has 0 bridgehead atoms. The lowest BCUT2D eigenvalue weighted by molar-refractivity contribution is -0.114. The molecule has 0 unspecified atom stereocenters. The summed E-state index contributed by atoms with van der Waals surface area (Å²) in [4.78, 5) is 15.9. The Balaban J connectivity index is 1.96. The Morgan fingerprint density at radius 2 is 1.71 bits per heavy atom. The molecule has 0 radical (unpaired) electrons. The van der Waals surface area contributed by atoms with E-state index in [0.29, 0.717) is 19.8 Å². The zero-order valence-corrected chi connectivity index (χ0v) is 19.0. The van der Waals surface area contributed by atoms with Crippen molar-refractivity contribution in [3.05, 3.63) is 53.6 Å². The molecular weight excluding hydrogens is 392 g/mol. The summed E-state index contributed by atoms with van der Waals surface area (Å²) in [5, 5.41) is 9.44. The van der Waals surface area contributed by atoms with Crippen LogP contribution in [0.5, 0.6) is 11.5 Å². The zero-order valence-electron chi connectivity index (χ0n) is 19.0. The molecular formula is C24H34N4O3. The smallest absolute Gasteiger partial charge is 0.221 e. The van der Waals surface area contributed by atoms with Gasteiger partial charge in [-0.05, 0) is 62.6 Å². The Morgan fingerprint density at radius 1 is 0.935 bits per heavy atom. The van der Waals surface area contributed by atoms with Gasteiger partial charge >= 0.3 is 0 Å². The summed E-state index contributed by atoms with van der Waals surface area (Å²) in [6.07, 6.45) is 0.828. The van der Waals surface area contributed by atoms with Gasteiger partial charge in [-0.3, -0.25) is 4.79 Å². The Hall–Kier alpha value is -3.22. The standard InChI is InChI=1S/C24H34N4O3/c1-5-25-24(27-17-20-9-8-10-21(15-20)28-18(4)29)26-14-13-19-11-12-22(30-6-2)23(16-19)31-7-3/h8-12,15-16H,5-7,13-14,17H2,1-4H3,(H,28,29)(H2,25,26,27). The molecule has 0 spiro atoms. The van der Waals surface area contributed by atoms with E-state index in [9.17, 15) is 4.79 Å². The van der Waals surface area contributed by atoms with Crippen LogP contribution in [-0.2, 0) is 17.8 Å². The Bertz CT molecular complexity index is 868. The second-order valence-electron chi connectivity index (χ2n) is 6.90. The molecule has 168 valence electrons. The molecule has 0 aliphatic heterocycles. The van der Waals surface area contributed by atoms with Crippen molar-refractivity contribution in [1.29, 1.82) is 0 Å². The molecule has 0 atom stereocenters. The topological polar surface area (TPSA) is 84.0 Å². The van der Waals surface area contributed by atoms with E-state index < -0.39 is 0 Å². The number of anilines is 1. The highest BCUT2D eigenvalue weighted by Gasteiger charge is 2.07. The molecule has 0 aliphatic carbocycles. The van der Waals surface area contributed by atoms with Crippen LogP contribution in [0.25, 0.3) is 0 Å². The third kappa shape index (κ3) is 8.58. The minimum Gasteiger partial charge on any atom is -0.490 e. The minimum absolute atomic E-state index is 0.0857. The summed E-state index contributed by atoms with van der Waals surface area (Å²) in [7, 11) is 0. The van der Waals surface area contributed by atoms with Crippen molar-refractivity contribution in [3.63, 3.8) is 0 Å². The van der Waals surface area contributed by atoms with Gasteiger partial charge in [-0.1, -0.05) is 18.2 Å². The molecule has 0 saturated carbocycles. The van der Waals surface area contributed by atoms with Gasteiger partial charge in [0.25, 0.3) is 0 Å². The lowest BCUT2D eigenvalue weighted by Crippen LogP contribution is -2.38. The van der Waals surface area contributed by atoms with Crippen molar-refractivity contribution in [2.75, 3.05) is 31.6 Å². The predicted molar refractivity (Wildman–Crippen MR) is 126 cm³/mol. The molecule has 2 aromatic carbocycles. The highest BCUT2D eigenvalue weighted by atomic mass is 16.5. The van der Waals surface area contributed by atoms with Crippen molar-refractivity contribution < 1.29 is 14.3 Å². The van der Waals surface area contributed by atoms with Crippen LogP contribution in [0.2, 0.25) is 0 Å². The van der Waals surface area contributed by atoms with Crippen LogP contribution in [-0.4, -0.2) is 38.2 Å². The molecule has 3 N–H and O–H groups in total. The van der Waals surface area contributed by atoms with E-state index in [2.05, 4.69) is 27.0 Å². The van der Waals surface area contributed by atoms with Crippen LogP contribution >= 0.6 is 0 Å². The van der Waals surface area contributed by atoms with Gasteiger partial charge in [-0.25, -0.2) is 4.99 Å². The van der Waals surface area contributed by atoms with Crippen LogP contribution in [0.4, 0.5) is 5.69 Å². The summed E-state index contributed by atoms with van der Waals surface area (Å²) < 4.78 is 11.3. The van der Waals surface area contributed by atoms with Crippen molar-refractivity contribution >= 4 is 17.6 Å². The van der Waals surface area contributed by atoms with Crippen LogP contribution in [0.1, 0.15) is 38.8 Å². The van der Waals surface area contributed by atoms with Gasteiger partial charge in [-0.15, -0.1) is 0 Å². The molecule has 0 fully saturated rings. The molecule has 0 saturated heterocycles. The van der Waals surface area contributed by atoms with Gasteiger partial charge in [0.2, 0.25) is 5.91 Å². The summed E-state index contributed by atoms with van der Waals surface area (Å²) in [5.74, 6) is 2.22. The molecule has 2 aromatic rings. The van der Waals surface area contributed by atoms with Gasteiger partial charge in [0.15, 0.2) is 17.5 Å². The minimum atomic E-state index is -0.0857. The monoisotopic (exact) mass is 426 g/mol. The Kier molecular flexibility index (Phi) is 10.2. The fourth-order valence-electron chi connectivity index (χ4n) is 3.04. The van der Waals surface area contributed by atoms with Crippen LogP contribution in [0, 0.1) is 0 Å². The fraction of sp³-hybridized carbons (Fsp3) is 0.417. The number of guanidine groups is 1. The highest BCUT2D eigenvalue weighted by Crippen LogP contribution is 2.28. The van der Waals surface area contributed by atoms with Crippen molar-refractivity contribution in [3.8, 4) is 11.5 Å². The summed E-state index contributed by atoms with van der Waals surface area (Å²) >= 11 is 0. The second-order valence-corrected chi connectivity index (χ2v) is 6.90. The first-order valence-corrected chi connectivity index (χ1v) is 10.8. The Morgan fingerprint density at radius 3 is 2.42 bits per heavy atom. The van der Waals surface area contributed by atoms with Gasteiger partial charge in [0.05, 0.1) is 19.8 Å². The maximum Gasteiger partial charge on any atom is 0.221 e. The first kappa shape index (κ1) is 24.1. The molecule has 2 rings (SSSR count). The largest absolute Gasteiger partial charge is 0.490 e. The highest BCUT2D eigenvalue weighted by molar-refractivity contribution is 5.88. The SMILES string of the molecule is CCNC(=NCc1cccc(NC(C)=O)c1)NCCc1ccc(OCC)c(OCC)c1. The third-order valence-electron chi connectivity index (χ3n) is 4.33. The number of nitrogens with one attached hydrogen (secondary N) is 3. The normalized spacial score (nSPS) is 11.0. The summed E-state index contributed by atoms with van der Waals surface area (Å²) in [5.41, 5.74) is 2.97. The number of aliphatic imine (C=N–C) groups is 1. The quantitative estimate of drug-likeness (QED) is 0.377. The van der Waals surface area contributed by atoms with Gasteiger partial charge in [0, 0.05) is 25.7 Å². The van der Waals surface area contributed by atoms with Crippen molar-refractivity contribution in [2.24, 2.45) is 4.99 Å². The van der Waals surface area contributed by atoms with E-state index in [0.717, 1.165) is 48.2 Å². The van der Waals surface area contributed by atoms with E-state index >= 15 is 0 Å². The fourth-order valence-corrected chi connectivity index (χ4v) is 3.04. The number of carbonyl (C=O) groups is 1. The molecule has 7 heteroatoms. The Labute approximate surface area is 185 Å². The number of rotatable bonds is 11. The average molecular weight is 427 g/mol. The van der Waals surface area contributed by atoms with E-state index in [-0.39, 0.29) is 5.91 Å². The number of nitrogens with zero attached hydrogens (tertiary/aromatic N) is 1. The average Bonchev–Trinajstić information content (AvgIpc) is 2.74. The summed E-state index contributed by atoms with van der Waals surface area (Å²) in [6.45, 7) is 10.7. The molecule has 1 amide bonds. The van der Waals surface area contributed by atoms with E-state index in [4.69, 9.17) is 9.47 Å². The first-order valence-electron chi connectivity index (χ1n) is 10.8. The molecule has 0 aromatic heterocycles. The summed E-state index contributed by atoms with van der Waals surface area (Å²) in [6, 6.07) is 13.8. The van der Waals surface area contributed by atoms with E-state index in [1.807, 2.05) is 57.2 Å². The predicted octanol–water partition coefficient (Wildman–Crippen LogP) is 3.74. The number of hydrogen-bond donors (Lipinski definition) is 3. The van der Waals surface area contributed by atoms with Gasteiger partial charge in [-0.2, -0.15) is 0 Å². The number of amides is 1. The van der Waals surface area contributed by atoms with Gasteiger partial charge in [0.1, 0.15) is 0 Å². The van der Waals surface area contributed by atoms with E-state index in [1.165, 1.54) is 12.5 Å². The second kappa shape index (κ2) is 13.2. The molecule has 0 aliphatic rings. The van der Waals surface area contributed by atoms with Crippen LogP contribution in [0.15, 0.2) is 47.5 Å². The lowest BCUT2D eigenvalue weighted by atomic mass is 10.1. The number of carbonyl (C=O) groups excluding carboxylic acids is 1. The maximum atomic E-state index is 11.2. The van der Waals surface area contributed by atoms with Crippen LogP contribution < -0.4 is 25.4 Å². The van der Waals surface area contributed by atoms with E-state index in [1.54, 1.807) is 0 Å². The molecule has 0 heterocycles. The van der Waals surface area contributed by atoms with Crippen LogP contribution in [0.3, 0.4) is 0 Å². The molecule has 7 nitrogen and oxygen atoms in total.